The highest BCUT2D eigenvalue weighted by Crippen LogP contribution is 2.11. The fourth-order valence-electron chi connectivity index (χ4n) is 1.64. The summed E-state index contributed by atoms with van der Waals surface area (Å²) in [6, 6.07) is 3.71. The van der Waals surface area contributed by atoms with Crippen LogP contribution in [0.15, 0.2) is 30.1 Å². The van der Waals surface area contributed by atoms with Crippen LogP contribution >= 0.6 is 0 Å². The third kappa shape index (κ3) is 6.39. The second-order valence-electron chi connectivity index (χ2n) is 4.56. The highest BCUT2D eigenvalue weighted by molar-refractivity contribution is 5.89. The van der Waals surface area contributed by atoms with E-state index >= 15 is 0 Å². The Morgan fingerprint density at radius 1 is 1.18 bits per heavy atom. The molecule has 0 spiro atoms. The van der Waals surface area contributed by atoms with Crippen molar-refractivity contribution < 1.29 is 19.1 Å². The molecule has 0 saturated carbocycles. The molecule has 22 heavy (non-hydrogen) atoms. The van der Waals surface area contributed by atoms with Crippen LogP contribution in [0, 0.1) is 6.92 Å². The third-order valence-electron chi connectivity index (χ3n) is 2.75. The van der Waals surface area contributed by atoms with Crippen LogP contribution < -0.4 is 5.32 Å². The molecule has 1 rings (SSSR count). The van der Waals surface area contributed by atoms with Crippen LogP contribution in [0.1, 0.15) is 32.3 Å². The molecule has 0 atom stereocenters. The van der Waals surface area contributed by atoms with Crippen LogP contribution in [0.5, 0.6) is 0 Å². The molecule has 6 nitrogen and oxygen atoms in total. The first-order valence-corrected chi connectivity index (χ1v) is 7.27. The molecule has 0 aliphatic carbocycles. The molecular weight excluding hydrogens is 284 g/mol. The number of aromatic nitrogens is 1. The topological polar surface area (TPSA) is 77.5 Å². The van der Waals surface area contributed by atoms with Gasteiger partial charge in [0.2, 0.25) is 0 Å². The molecule has 0 aliphatic rings. The van der Waals surface area contributed by atoms with Crippen molar-refractivity contribution in [2.24, 2.45) is 0 Å². The minimum Gasteiger partial charge on any atom is -0.466 e. The Kier molecular flexibility index (Phi) is 7.67. The van der Waals surface area contributed by atoms with Gasteiger partial charge in [0.25, 0.3) is 0 Å². The van der Waals surface area contributed by atoms with Gasteiger partial charge in [-0.05, 0) is 38.8 Å². The smallest absolute Gasteiger partial charge is 0.335 e. The van der Waals surface area contributed by atoms with E-state index in [1.54, 1.807) is 26.1 Å². The number of nitrogens with one attached hydrogen (secondary N) is 1. The number of hydrogen-bond donors (Lipinski definition) is 1. The predicted molar refractivity (Wildman–Crippen MR) is 83.2 cm³/mol. The van der Waals surface area contributed by atoms with Gasteiger partial charge in [0.05, 0.1) is 18.8 Å². The molecule has 0 amide bonds. The van der Waals surface area contributed by atoms with Gasteiger partial charge < -0.3 is 14.8 Å². The van der Waals surface area contributed by atoms with Crippen molar-refractivity contribution in [3.8, 4) is 0 Å². The summed E-state index contributed by atoms with van der Waals surface area (Å²) in [5.41, 5.74) is 1.42. The molecule has 0 radical (unpaired) electrons. The van der Waals surface area contributed by atoms with E-state index in [2.05, 4.69) is 10.3 Å². The Labute approximate surface area is 130 Å². The lowest BCUT2D eigenvalue weighted by molar-refractivity contribution is -0.143. The molecule has 1 heterocycles. The predicted octanol–water partition coefficient (Wildman–Crippen LogP) is 2.59. The zero-order valence-electron chi connectivity index (χ0n) is 13.2. The van der Waals surface area contributed by atoms with Gasteiger partial charge in [0, 0.05) is 18.8 Å². The number of carbonyl (C=O) groups is 2. The molecule has 0 saturated heterocycles. The van der Waals surface area contributed by atoms with Gasteiger partial charge in [-0.3, -0.25) is 4.79 Å². The molecule has 1 N–H and O–H groups in total. The molecular formula is C16H22N2O4. The van der Waals surface area contributed by atoms with E-state index in [0.717, 1.165) is 5.56 Å². The van der Waals surface area contributed by atoms with Crippen LogP contribution in [-0.4, -0.2) is 30.1 Å². The van der Waals surface area contributed by atoms with E-state index in [9.17, 15) is 9.59 Å². The number of nitrogens with zero attached hydrogens (tertiary/aromatic N) is 1. The maximum Gasteiger partial charge on any atom is 0.335 e. The maximum absolute atomic E-state index is 11.9. The highest BCUT2D eigenvalue weighted by Gasteiger charge is 2.13. The highest BCUT2D eigenvalue weighted by atomic mass is 16.5. The Bertz CT molecular complexity index is 523. The molecule has 0 fully saturated rings. The molecule has 6 heteroatoms. The Balaban J connectivity index is 2.71. The summed E-state index contributed by atoms with van der Waals surface area (Å²) in [6.07, 6.45) is 3.62. The normalized spacial score (nSPS) is 11.0. The van der Waals surface area contributed by atoms with Crippen molar-refractivity contribution in [3.63, 3.8) is 0 Å². The Hall–Kier alpha value is -2.37. The average molecular weight is 306 g/mol. The molecule has 0 bridgehead atoms. The van der Waals surface area contributed by atoms with Crippen LogP contribution in [0.4, 0.5) is 5.82 Å². The lowest BCUT2D eigenvalue weighted by Gasteiger charge is -2.08. The fourth-order valence-corrected chi connectivity index (χ4v) is 1.64. The van der Waals surface area contributed by atoms with Crippen molar-refractivity contribution in [1.82, 2.24) is 4.98 Å². The van der Waals surface area contributed by atoms with Crippen LogP contribution in [-0.2, 0) is 19.1 Å². The first-order chi connectivity index (χ1) is 10.6. The number of aryl methyl sites for hydroxylation is 1. The number of esters is 2. The number of rotatable bonds is 8. The quantitative estimate of drug-likeness (QED) is 0.587. The van der Waals surface area contributed by atoms with E-state index in [1.165, 1.54) is 6.20 Å². The summed E-state index contributed by atoms with van der Waals surface area (Å²) in [6.45, 7) is 6.01. The largest absolute Gasteiger partial charge is 0.466 e. The summed E-state index contributed by atoms with van der Waals surface area (Å²) in [7, 11) is 0. The lowest BCUT2D eigenvalue weighted by Crippen LogP contribution is -2.12. The second kappa shape index (κ2) is 9.55. The molecule has 0 unspecified atom stereocenters. The van der Waals surface area contributed by atoms with Crippen LogP contribution in [0.3, 0.4) is 0 Å². The van der Waals surface area contributed by atoms with Gasteiger partial charge in [0.1, 0.15) is 5.82 Å². The van der Waals surface area contributed by atoms with Gasteiger partial charge >= 0.3 is 11.9 Å². The van der Waals surface area contributed by atoms with Crippen molar-refractivity contribution >= 4 is 17.8 Å². The monoisotopic (exact) mass is 306 g/mol. The minimum atomic E-state index is -0.452. The molecule has 120 valence electrons. The summed E-state index contributed by atoms with van der Waals surface area (Å²) in [5.74, 6) is -0.180. The number of pyridine rings is 1. The van der Waals surface area contributed by atoms with Crippen molar-refractivity contribution in [1.29, 1.82) is 0 Å². The number of ether oxygens (including phenoxy) is 2. The van der Waals surface area contributed by atoms with Gasteiger partial charge in [-0.2, -0.15) is 0 Å². The number of carbonyl (C=O) groups excluding carboxylic acids is 2. The van der Waals surface area contributed by atoms with Gasteiger partial charge in [0.15, 0.2) is 0 Å². The van der Waals surface area contributed by atoms with Gasteiger partial charge in [-0.15, -0.1) is 0 Å². The van der Waals surface area contributed by atoms with E-state index in [-0.39, 0.29) is 25.4 Å². The molecule has 1 aromatic heterocycles. The molecule has 0 aromatic carbocycles. The standard InChI is InChI=1S/C16H22N2O4/c1-4-21-15(19)9-7-13(16(20)22-5-2)11-18-14-8-6-12(3)10-17-14/h6,8,10-11H,4-5,7,9H2,1-3H3,(H,17,18)/b13-11-. The molecule has 0 aliphatic heterocycles. The maximum atomic E-state index is 11.9. The summed E-state index contributed by atoms with van der Waals surface area (Å²) >= 11 is 0. The SMILES string of the molecule is CCOC(=O)CC/C(=C/Nc1ccc(C)cn1)C(=O)OCC. The van der Waals surface area contributed by atoms with Crippen LogP contribution in [0.25, 0.3) is 0 Å². The van der Waals surface area contributed by atoms with Crippen molar-refractivity contribution in [2.75, 3.05) is 18.5 Å². The van der Waals surface area contributed by atoms with Gasteiger partial charge in [-0.1, -0.05) is 6.07 Å². The van der Waals surface area contributed by atoms with E-state index in [0.29, 0.717) is 18.0 Å². The van der Waals surface area contributed by atoms with E-state index < -0.39 is 5.97 Å². The summed E-state index contributed by atoms with van der Waals surface area (Å²) in [5, 5.41) is 2.94. The Morgan fingerprint density at radius 2 is 1.91 bits per heavy atom. The lowest BCUT2D eigenvalue weighted by atomic mass is 10.1. The zero-order valence-corrected chi connectivity index (χ0v) is 13.2. The molecule has 1 aromatic rings. The summed E-state index contributed by atoms with van der Waals surface area (Å²) in [4.78, 5) is 27.5. The van der Waals surface area contributed by atoms with Gasteiger partial charge in [-0.25, -0.2) is 9.78 Å². The van der Waals surface area contributed by atoms with Crippen molar-refractivity contribution in [3.05, 3.63) is 35.7 Å². The second-order valence-corrected chi connectivity index (χ2v) is 4.56. The number of anilines is 1. The van der Waals surface area contributed by atoms with Crippen molar-refractivity contribution in [2.45, 2.75) is 33.6 Å². The average Bonchev–Trinajstić information content (AvgIpc) is 2.49. The van der Waals surface area contributed by atoms with E-state index in [1.807, 2.05) is 13.0 Å². The number of hydrogen-bond acceptors (Lipinski definition) is 6. The fraction of sp³-hybridized carbons (Fsp3) is 0.438. The van der Waals surface area contributed by atoms with Crippen LogP contribution in [0.2, 0.25) is 0 Å². The summed E-state index contributed by atoms with van der Waals surface area (Å²) < 4.78 is 9.84. The zero-order chi connectivity index (χ0) is 16.4. The first-order valence-electron chi connectivity index (χ1n) is 7.27. The van der Waals surface area contributed by atoms with E-state index in [4.69, 9.17) is 9.47 Å². The third-order valence-corrected chi connectivity index (χ3v) is 2.75. The first kappa shape index (κ1) is 17.7. The Morgan fingerprint density at radius 3 is 2.50 bits per heavy atom. The minimum absolute atomic E-state index is 0.126.